The average molecular weight is 381 g/mol. The Morgan fingerprint density at radius 1 is 1.44 bits per heavy atom. The predicted octanol–water partition coefficient (Wildman–Crippen LogP) is 2.54. The summed E-state index contributed by atoms with van der Waals surface area (Å²) in [6.45, 7) is 4.05. The van der Waals surface area contributed by atoms with E-state index < -0.39 is 5.97 Å². The first-order chi connectivity index (χ1) is 12.1. The van der Waals surface area contributed by atoms with Crippen LogP contribution in [-0.2, 0) is 16.0 Å². The summed E-state index contributed by atoms with van der Waals surface area (Å²) in [4.78, 5) is 25.3. The molecule has 134 valence electrons. The normalized spacial score (nSPS) is 13.7. The molecule has 0 aliphatic heterocycles. The molecule has 1 saturated carbocycles. The molecule has 0 radical (unpaired) electrons. The number of hydrogen-bond donors (Lipinski definition) is 1. The van der Waals surface area contributed by atoms with Crippen LogP contribution in [0.3, 0.4) is 0 Å². The predicted molar refractivity (Wildman–Crippen MR) is 95.1 cm³/mol. The van der Waals surface area contributed by atoms with Gasteiger partial charge in [-0.25, -0.2) is 9.48 Å². The van der Waals surface area contributed by atoms with Crippen LogP contribution in [0.25, 0.3) is 0 Å². The number of anilines is 1. The molecule has 0 spiro atoms. The maximum absolute atomic E-state index is 12.3. The summed E-state index contributed by atoms with van der Waals surface area (Å²) in [5, 5.41) is 15.6. The van der Waals surface area contributed by atoms with Crippen LogP contribution < -0.4 is 5.32 Å². The highest BCUT2D eigenvalue weighted by atomic mass is 32.2. The van der Waals surface area contributed by atoms with Crippen molar-refractivity contribution in [3.63, 3.8) is 0 Å². The van der Waals surface area contributed by atoms with E-state index in [-0.39, 0.29) is 11.7 Å². The van der Waals surface area contributed by atoms with Gasteiger partial charge in [0, 0.05) is 4.88 Å². The molecule has 2 heterocycles. The Hall–Kier alpha value is -1.94. The van der Waals surface area contributed by atoms with Gasteiger partial charge in [0.1, 0.15) is 5.00 Å². The van der Waals surface area contributed by atoms with Crippen LogP contribution in [0.5, 0.6) is 0 Å². The van der Waals surface area contributed by atoms with E-state index in [0.717, 1.165) is 24.1 Å². The molecular weight excluding hydrogens is 362 g/mol. The molecule has 10 heteroatoms. The Labute approximate surface area is 153 Å². The number of thiophene rings is 1. The second-order valence-corrected chi connectivity index (χ2v) is 7.58. The summed E-state index contributed by atoms with van der Waals surface area (Å²) in [6, 6.07) is 2.14. The summed E-state index contributed by atoms with van der Waals surface area (Å²) < 4.78 is 6.82. The maximum atomic E-state index is 12.3. The molecule has 2 aromatic heterocycles. The molecule has 1 N–H and O–H groups in total. The lowest BCUT2D eigenvalue weighted by molar-refractivity contribution is -0.113. The standard InChI is InChI=1S/C15H19N5O3S2/c1-3-10-7-11(14(22)23-4-2)13(25-10)16-12(21)8-24-15-17-18-19-20(15)9-5-6-9/h7,9H,3-6,8H2,1-2H3,(H,16,21). The number of nitrogens with one attached hydrogen (secondary N) is 1. The third-order valence-corrected chi connectivity index (χ3v) is 5.70. The molecule has 1 amide bonds. The third-order valence-electron chi connectivity index (χ3n) is 3.57. The number of thioether (sulfide) groups is 1. The van der Waals surface area contributed by atoms with Crippen LogP contribution in [-0.4, -0.2) is 44.4 Å². The Morgan fingerprint density at radius 2 is 2.24 bits per heavy atom. The number of aromatic nitrogens is 4. The first kappa shape index (κ1) is 17.9. The second-order valence-electron chi connectivity index (χ2n) is 5.50. The molecule has 1 fully saturated rings. The number of rotatable bonds is 8. The molecule has 8 nitrogen and oxygen atoms in total. The van der Waals surface area contributed by atoms with Crippen molar-refractivity contribution < 1.29 is 14.3 Å². The number of hydrogen-bond acceptors (Lipinski definition) is 8. The highest BCUT2D eigenvalue weighted by molar-refractivity contribution is 7.99. The van der Waals surface area contributed by atoms with Gasteiger partial charge in [-0.15, -0.1) is 16.4 Å². The van der Waals surface area contributed by atoms with E-state index in [4.69, 9.17) is 4.74 Å². The van der Waals surface area contributed by atoms with Crippen LogP contribution in [0, 0.1) is 0 Å². The minimum Gasteiger partial charge on any atom is -0.462 e. The fourth-order valence-corrected chi connectivity index (χ4v) is 3.94. The van der Waals surface area contributed by atoms with Gasteiger partial charge in [-0.2, -0.15) is 0 Å². The van der Waals surface area contributed by atoms with Crippen molar-refractivity contribution in [3.05, 3.63) is 16.5 Å². The van der Waals surface area contributed by atoms with Gasteiger partial charge in [0.05, 0.1) is 24.0 Å². The van der Waals surface area contributed by atoms with Crippen molar-refractivity contribution >= 4 is 40.0 Å². The van der Waals surface area contributed by atoms with Gasteiger partial charge in [0.15, 0.2) is 0 Å². The highest BCUT2D eigenvalue weighted by Crippen LogP contribution is 2.36. The van der Waals surface area contributed by atoms with Crippen LogP contribution in [0.4, 0.5) is 5.00 Å². The van der Waals surface area contributed by atoms with Gasteiger partial charge in [-0.05, 0) is 42.7 Å². The van der Waals surface area contributed by atoms with E-state index in [9.17, 15) is 9.59 Å². The Kier molecular flexibility index (Phi) is 5.69. The molecule has 0 aromatic carbocycles. The Morgan fingerprint density at radius 3 is 2.92 bits per heavy atom. The van der Waals surface area contributed by atoms with Gasteiger partial charge < -0.3 is 10.1 Å². The summed E-state index contributed by atoms with van der Waals surface area (Å²) in [7, 11) is 0. The molecule has 1 aliphatic carbocycles. The SMILES string of the molecule is CCOC(=O)c1cc(CC)sc1NC(=O)CSc1nnnn1C1CC1. The summed E-state index contributed by atoms with van der Waals surface area (Å²) >= 11 is 2.69. The highest BCUT2D eigenvalue weighted by Gasteiger charge is 2.28. The van der Waals surface area contributed by atoms with Gasteiger partial charge in [0.2, 0.25) is 11.1 Å². The van der Waals surface area contributed by atoms with Crippen molar-refractivity contribution in [2.75, 3.05) is 17.7 Å². The average Bonchev–Trinajstić information content (AvgIpc) is 3.19. The van der Waals surface area contributed by atoms with Crippen molar-refractivity contribution in [2.45, 2.75) is 44.3 Å². The summed E-state index contributed by atoms with van der Waals surface area (Å²) in [6.07, 6.45) is 2.93. The van der Waals surface area contributed by atoms with Crippen molar-refractivity contribution in [1.29, 1.82) is 0 Å². The van der Waals surface area contributed by atoms with Gasteiger partial charge in [0.25, 0.3) is 0 Å². The molecular formula is C15H19N5O3S2. The first-order valence-corrected chi connectivity index (χ1v) is 9.92. The lowest BCUT2D eigenvalue weighted by Gasteiger charge is -2.06. The van der Waals surface area contributed by atoms with Gasteiger partial charge >= 0.3 is 5.97 Å². The summed E-state index contributed by atoms with van der Waals surface area (Å²) in [5.41, 5.74) is 0.407. The van der Waals surface area contributed by atoms with Gasteiger partial charge in [-0.3, -0.25) is 4.79 Å². The number of carbonyl (C=O) groups excluding carboxylic acids is 2. The molecule has 25 heavy (non-hydrogen) atoms. The van der Waals surface area contributed by atoms with E-state index in [2.05, 4.69) is 20.8 Å². The minimum absolute atomic E-state index is 0.175. The minimum atomic E-state index is -0.418. The van der Waals surface area contributed by atoms with E-state index in [0.29, 0.717) is 28.4 Å². The van der Waals surface area contributed by atoms with E-state index in [1.807, 2.05) is 6.92 Å². The van der Waals surface area contributed by atoms with Crippen LogP contribution >= 0.6 is 23.1 Å². The largest absolute Gasteiger partial charge is 0.462 e. The monoisotopic (exact) mass is 381 g/mol. The van der Waals surface area contributed by atoms with Crippen LogP contribution in [0.2, 0.25) is 0 Å². The lowest BCUT2D eigenvalue weighted by atomic mass is 10.2. The fraction of sp³-hybridized carbons (Fsp3) is 0.533. The molecule has 1 aliphatic rings. The number of amides is 1. The number of aryl methyl sites for hydroxylation is 1. The zero-order valence-electron chi connectivity index (χ0n) is 14.0. The number of esters is 1. The topological polar surface area (TPSA) is 99.0 Å². The number of ether oxygens (including phenoxy) is 1. The van der Waals surface area contributed by atoms with Crippen molar-refractivity contribution in [3.8, 4) is 0 Å². The second kappa shape index (κ2) is 7.96. The van der Waals surface area contributed by atoms with E-state index in [1.165, 1.54) is 23.1 Å². The molecule has 0 bridgehead atoms. The maximum Gasteiger partial charge on any atom is 0.341 e. The fourth-order valence-electron chi connectivity index (χ4n) is 2.19. The zero-order chi connectivity index (χ0) is 17.8. The van der Waals surface area contributed by atoms with Crippen LogP contribution in [0.15, 0.2) is 11.2 Å². The van der Waals surface area contributed by atoms with Gasteiger partial charge in [-0.1, -0.05) is 18.7 Å². The zero-order valence-corrected chi connectivity index (χ0v) is 15.7. The van der Waals surface area contributed by atoms with Crippen LogP contribution in [0.1, 0.15) is 48.0 Å². The Bertz CT molecular complexity index is 769. The molecule has 0 unspecified atom stereocenters. The molecule has 2 aromatic rings. The number of nitrogens with zero attached hydrogens (tertiary/aromatic N) is 4. The Balaban J connectivity index is 1.63. The molecule has 3 rings (SSSR count). The van der Waals surface area contributed by atoms with Crippen molar-refractivity contribution in [2.24, 2.45) is 0 Å². The quantitative estimate of drug-likeness (QED) is 0.554. The van der Waals surface area contributed by atoms with Crippen molar-refractivity contribution in [1.82, 2.24) is 20.2 Å². The van der Waals surface area contributed by atoms with E-state index in [1.54, 1.807) is 17.7 Å². The number of carbonyl (C=O) groups is 2. The smallest absolute Gasteiger partial charge is 0.341 e. The lowest BCUT2D eigenvalue weighted by Crippen LogP contribution is -2.16. The number of tetrazole rings is 1. The third kappa shape index (κ3) is 4.37. The summed E-state index contributed by atoms with van der Waals surface area (Å²) in [5.74, 6) is -0.446. The molecule has 0 atom stereocenters. The first-order valence-electron chi connectivity index (χ1n) is 8.12. The van der Waals surface area contributed by atoms with E-state index >= 15 is 0 Å². The molecule has 0 saturated heterocycles.